The van der Waals surface area contributed by atoms with Crippen LogP contribution in [-0.4, -0.2) is 57.9 Å². The van der Waals surface area contributed by atoms with E-state index < -0.39 is 29.1 Å². The van der Waals surface area contributed by atoms with E-state index >= 15 is 0 Å². The van der Waals surface area contributed by atoms with E-state index in [1.54, 1.807) is 12.1 Å². The summed E-state index contributed by atoms with van der Waals surface area (Å²) in [7, 11) is 4.38. The van der Waals surface area contributed by atoms with Gasteiger partial charge in [0, 0.05) is 19.8 Å². The minimum Gasteiger partial charge on any atom is -0.503 e. The molecule has 0 spiro atoms. The third-order valence-electron chi connectivity index (χ3n) is 3.26. The summed E-state index contributed by atoms with van der Waals surface area (Å²) < 4.78 is 6.02. The predicted molar refractivity (Wildman–Crippen MR) is 80.6 cm³/mol. The summed E-state index contributed by atoms with van der Waals surface area (Å²) in [6, 6.07) is 6.16. The monoisotopic (exact) mass is 320 g/mol. The molecule has 2 aromatic rings. The molecule has 0 radical (unpaired) electrons. The smallest absolute Gasteiger partial charge is 0.356 e. The van der Waals surface area contributed by atoms with Gasteiger partial charge < -0.3 is 25.0 Å². The zero-order valence-electron chi connectivity index (χ0n) is 12.8. The van der Waals surface area contributed by atoms with Crippen LogP contribution < -0.4 is 4.74 Å². The Morgan fingerprint density at radius 3 is 2.00 bits per heavy atom. The van der Waals surface area contributed by atoms with Crippen LogP contribution in [0.25, 0.3) is 5.69 Å². The van der Waals surface area contributed by atoms with Crippen molar-refractivity contribution in [2.45, 2.75) is 0 Å². The number of hydrogen-bond donors (Lipinski definition) is 3. The highest BCUT2D eigenvalue weighted by molar-refractivity contribution is 6.02. The molecule has 2 rings (SSSR count). The Morgan fingerprint density at radius 2 is 1.57 bits per heavy atom. The average Bonchev–Trinajstić information content (AvgIpc) is 2.78. The Morgan fingerprint density at radius 1 is 1.04 bits per heavy atom. The van der Waals surface area contributed by atoms with Gasteiger partial charge in [0.15, 0.2) is 22.9 Å². The van der Waals surface area contributed by atoms with Crippen LogP contribution >= 0.6 is 0 Å². The van der Waals surface area contributed by atoms with E-state index in [4.69, 9.17) is 4.74 Å². The van der Waals surface area contributed by atoms with Crippen molar-refractivity contribution in [2.75, 3.05) is 21.2 Å². The first-order valence-corrected chi connectivity index (χ1v) is 6.55. The third-order valence-corrected chi connectivity index (χ3v) is 3.26. The van der Waals surface area contributed by atoms with Crippen LogP contribution in [-0.2, 0) is 0 Å². The van der Waals surface area contributed by atoms with Gasteiger partial charge in [0.2, 0.25) is 0 Å². The molecule has 1 amide bonds. The number of nitrogens with zero attached hydrogens (tertiary/aromatic N) is 2. The van der Waals surface area contributed by atoms with Gasteiger partial charge in [-0.15, -0.1) is 0 Å². The molecule has 3 N–H and O–H groups in total. The van der Waals surface area contributed by atoms with Crippen LogP contribution in [0.15, 0.2) is 24.3 Å². The number of carboxylic acids is 1. The lowest BCUT2D eigenvalue weighted by Gasteiger charge is -2.15. The second kappa shape index (κ2) is 5.91. The molecule has 122 valence electrons. The Kier molecular flexibility index (Phi) is 4.17. The molecule has 0 saturated carbocycles. The fraction of sp³-hybridized carbons (Fsp3) is 0.200. The lowest BCUT2D eigenvalue weighted by Crippen LogP contribution is -2.25. The van der Waals surface area contributed by atoms with Gasteiger partial charge in [0.05, 0.1) is 7.11 Å². The lowest BCUT2D eigenvalue weighted by molar-refractivity contribution is 0.0684. The zero-order valence-corrected chi connectivity index (χ0v) is 12.8. The van der Waals surface area contributed by atoms with E-state index in [1.165, 1.54) is 38.2 Å². The van der Waals surface area contributed by atoms with Crippen LogP contribution in [0, 0.1) is 0 Å². The quantitative estimate of drug-likeness (QED) is 0.782. The van der Waals surface area contributed by atoms with E-state index in [2.05, 4.69) is 0 Å². The maximum atomic E-state index is 12.3. The maximum Gasteiger partial charge on any atom is 0.356 e. The summed E-state index contributed by atoms with van der Waals surface area (Å²) in [6.07, 6.45) is 0. The number of carbonyl (C=O) groups excluding carboxylic acids is 1. The molecule has 23 heavy (non-hydrogen) atoms. The highest BCUT2D eigenvalue weighted by atomic mass is 16.5. The van der Waals surface area contributed by atoms with E-state index in [1.807, 2.05) is 0 Å². The minimum atomic E-state index is -1.48. The van der Waals surface area contributed by atoms with Crippen molar-refractivity contribution in [2.24, 2.45) is 0 Å². The molecular formula is C15H16N2O6. The fourth-order valence-corrected chi connectivity index (χ4v) is 2.14. The van der Waals surface area contributed by atoms with E-state index in [0.717, 1.165) is 4.57 Å². The fourth-order valence-electron chi connectivity index (χ4n) is 2.14. The predicted octanol–water partition coefficient (Wildman–Crippen LogP) is 1.30. The number of aromatic hydroxyl groups is 2. The standard InChI is InChI=1S/C15H16N2O6/c1-16(2)14(20)10-12(18)13(19)11(15(21)22)17(10)8-4-6-9(23-3)7-5-8/h4-7,18-19H,1-3H3,(H,21,22). The second-order valence-corrected chi connectivity index (χ2v) is 4.93. The van der Waals surface area contributed by atoms with E-state index in [9.17, 15) is 24.9 Å². The third kappa shape index (κ3) is 2.66. The molecule has 0 unspecified atom stereocenters. The van der Waals surface area contributed by atoms with Crippen molar-refractivity contribution in [3.05, 3.63) is 35.7 Å². The molecule has 0 atom stereocenters. The van der Waals surface area contributed by atoms with Crippen molar-refractivity contribution < 1.29 is 29.6 Å². The van der Waals surface area contributed by atoms with Crippen LogP contribution in [0.1, 0.15) is 21.0 Å². The highest BCUT2D eigenvalue weighted by Crippen LogP contribution is 2.38. The SMILES string of the molecule is COc1ccc(-n2c(C(=O)O)c(O)c(O)c2C(=O)N(C)C)cc1. The first-order chi connectivity index (χ1) is 10.8. The summed E-state index contributed by atoms with van der Waals surface area (Å²) >= 11 is 0. The van der Waals surface area contributed by atoms with Crippen molar-refractivity contribution in [1.29, 1.82) is 0 Å². The van der Waals surface area contributed by atoms with Crippen molar-refractivity contribution in [3.8, 4) is 22.9 Å². The van der Waals surface area contributed by atoms with Gasteiger partial charge in [-0.3, -0.25) is 9.36 Å². The molecule has 0 bridgehead atoms. The number of aromatic carboxylic acids is 1. The number of aromatic nitrogens is 1. The van der Waals surface area contributed by atoms with Crippen LogP contribution in [0.4, 0.5) is 0 Å². The number of ether oxygens (including phenoxy) is 1. The van der Waals surface area contributed by atoms with Crippen molar-refractivity contribution >= 4 is 11.9 Å². The molecule has 0 aliphatic rings. The molecular weight excluding hydrogens is 304 g/mol. The van der Waals surface area contributed by atoms with E-state index in [0.29, 0.717) is 5.75 Å². The van der Waals surface area contributed by atoms with Gasteiger partial charge in [-0.2, -0.15) is 0 Å². The number of hydrogen-bond acceptors (Lipinski definition) is 5. The topological polar surface area (TPSA) is 112 Å². The summed E-state index contributed by atoms with van der Waals surface area (Å²) in [4.78, 5) is 24.9. The largest absolute Gasteiger partial charge is 0.503 e. The first-order valence-electron chi connectivity index (χ1n) is 6.55. The van der Waals surface area contributed by atoms with Gasteiger partial charge in [-0.1, -0.05) is 0 Å². The van der Waals surface area contributed by atoms with Gasteiger partial charge in [-0.05, 0) is 24.3 Å². The number of carboxylic acid groups (broad SMARTS) is 1. The number of rotatable bonds is 4. The van der Waals surface area contributed by atoms with Gasteiger partial charge in [0.25, 0.3) is 5.91 Å². The van der Waals surface area contributed by atoms with Gasteiger partial charge in [-0.25, -0.2) is 4.79 Å². The van der Waals surface area contributed by atoms with Crippen molar-refractivity contribution in [3.63, 3.8) is 0 Å². The average molecular weight is 320 g/mol. The lowest BCUT2D eigenvalue weighted by atomic mass is 10.2. The summed E-state index contributed by atoms with van der Waals surface area (Å²) in [5.74, 6) is -3.24. The first kappa shape index (κ1) is 16.2. The molecule has 1 heterocycles. The molecule has 1 aromatic carbocycles. The number of carbonyl (C=O) groups is 2. The molecule has 8 nitrogen and oxygen atoms in total. The van der Waals surface area contributed by atoms with E-state index in [-0.39, 0.29) is 11.4 Å². The number of benzene rings is 1. The molecule has 0 fully saturated rings. The Bertz CT molecular complexity index is 761. The summed E-state index contributed by atoms with van der Waals surface area (Å²) in [5, 5.41) is 29.3. The number of methoxy groups -OCH3 is 1. The van der Waals surface area contributed by atoms with Crippen molar-refractivity contribution in [1.82, 2.24) is 9.47 Å². The maximum absolute atomic E-state index is 12.3. The Hall–Kier alpha value is -3.16. The van der Waals surface area contributed by atoms with Gasteiger partial charge in [0.1, 0.15) is 5.75 Å². The van der Waals surface area contributed by atoms with Crippen LogP contribution in [0.2, 0.25) is 0 Å². The normalized spacial score (nSPS) is 10.4. The Balaban J connectivity index is 2.79. The summed E-state index contributed by atoms with van der Waals surface area (Å²) in [5.41, 5.74) is -0.656. The minimum absolute atomic E-state index is 0.281. The Labute approximate surface area is 131 Å². The van der Waals surface area contributed by atoms with Crippen LogP contribution in [0.5, 0.6) is 17.2 Å². The number of amides is 1. The molecule has 0 aliphatic carbocycles. The molecule has 0 saturated heterocycles. The molecule has 1 aromatic heterocycles. The van der Waals surface area contributed by atoms with Gasteiger partial charge >= 0.3 is 5.97 Å². The zero-order chi connectivity index (χ0) is 17.3. The highest BCUT2D eigenvalue weighted by Gasteiger charge is 2.32. The molecule has 0 aliphatic heterocycles. The summed E-state index contributed by atoms with van der Waals surface area (Å²) in [6.45, 7) is 0. The molecule has 8 heteroatoms. The van der Waals surface area contributed by atoms with Crippen LogP contribution in [0.3, 0.4) is 0 Å². The second-order valence-electron chi connectivity index (χ2n) is 4.93.